The molecule has 1 aliphatic rings. The van der Waals surface area contributed by atoms with Gasteiger partial charge in [0.05, 0.1) is 19.4 Å². The maximum Gasteiger partial charge on any atom is 0.573 e. The first-order valence-corrected chi connectivity index (χ1v) is 10.3. The normalized spacial score (nSPS) is 14.5. The molecule has 1 N–H and O–H groups in total. The first-order valence-electron chi connectivity index (χ1n) is 10.3. The predicted molar refractivity (Wildman–Crippen MR) is 118 cm³/mol. The number of alkyl halides is 3. The number of ether oxygens (including phenoxy) is 2. The number of rotatable bonds is 5. The summed E-state index contributed by atoms with van der Waals surface area (Å²) in [7, 11) is 0. The number of hydrogen-bond donors (Lipinski definition) is 1. The number of nitrogens with one attached hydrogen (secondary N) is 1. The molecule has 0 aliphatic carbocycles. The molecule has 5 rings (SSSR count). The van der Waals surface area contributed by atoms with E-state index < -0.39 is 6.36 Å². The van der Waals surface area contributed by atoms with Gasteiger partial charge in [0.1, 0.15) is 11.6 Å². The van der Waals surface area contributed by atoms with Gasteiger partial charge in [-0.3, -0.25) is 0 Å². The average Bonchev–Trinajstić information content (AvgIpc) is 3.23. The predicted octanol–water partition coefficient (Wildman–Crippen LogP) is 4.88. The van der Waals surface area contributed by atoms with Gasteiger partial charge >= 0.3 is 6.36 Å². The topological polar surface area (TPSA) is 63.9 Å². The van der Waals surface area contributed by atoms with Crippen molar-refractivity contribution in [2.24, 2.45) is 0 Å². The molecule has 0 radical (unpaired) electrons. The van der Waals surface area contributed by atoms with Crippen LogP contribution in [0.1, 0.15) is 0 Å². The number of fused-ring (bicyclic) bond motifs is 1. The highest BCUT2D eigenvalue weighted by atomic mass is 19.4. The summed E-state index contributed by atoms with van der Waals surface area (Å²) in [4.78, 5) is 6.93. The fourth-order valence-corrected chi connectivity index (χ4v) is 3.70. The van der Waals surface area contributed by atoms with Crippen molar-refractivity contribution < 1.29 is 22.6 Å². The zero-order valence-corrected chi connectivity index (χ0v) is 17.4. The van der Waals surface area contributed by atoms with E-state index in [-0.39, 0.29) is 5.75 Å². The van der Waals surface area contributed by atoms with Crippen LogP contribution in [0.4, 0.5) is 30.4 Å². The maximum atomic E-state index is 12.4. The van der Waals surface area contributed by atoms with Gasteiger partial charge in [-0.25, -0.2) is 9.50 Å². The molecule has 1 saturated heterocycles. The van der Waals surface area contributed by atoms with E-state index in [0.717, 1.165) is 37.7 Å². The molecule has 33 heavy (non-hydrogen) atoms. The summed E-state index contributed by atoms with van der Waals surface area (Å²) in [5.41, 5.74) is 3.98. The van der Waals surface area contributed by atoms with Gasteiger partial charge in [-0.05, 0) is 48.0 Å². The molecule has 0 amide bonds. The Balaban J connectivity index is 1.35. The Hall–Kier alpha value is -3.79. The molecule has 10 heteroatoms. The third-order valence-corrected chi connectivity index (χ3v) is 5.28. The fraction of sp³-hybridized carbons (Fsp3) is 0.217. The molecule has 0 unspecified atom stereocenters. The van der Waals surface area contributed by atoms with Gasteiger partial charge in [-0.15, -0.1) is 13.2 Å². The zero-order chi connectivity index (χ0) is 22.8. The number of aromatic nitrogens is 3. The largest absolute Gasteiger partial charge is 0.573 e. The van der Waals surface area contributed by atoms with Crippen LogP contribution >= 0.6 is 0 Å². The number of hydrogen-bond acceptors (Lipinski definition) is 6. The van der Waals surface area contributed by atoms with Crippen molar-refractivity contribution in [3.8, 4) is 16.9 Å². The second-order valence-corrected chi connectivity index (χ2v) is 7.48. The lowest BCUT2D eigenvalue weighted by molar-refractivity contribution is -0.274. The standard InChI is InChI=1S/C23H20F3N5O2/c24-23(25,26)33-19-7-1-16(2-8-19)20-15-27-31-10-9-21(29-22(20)31)28-17-3-5-18(6-4-17)30-11-13-32-14-12-30/h1-10,15H,11-14H2,(H,28,29). The Morgan fingerprint density at radius 1 is 0.939 bits per heavy atom. The van der Waals surface area contributed by atoms with Crippen molar-refractivity contribution in [3.63, 3.8) is 0 Å². The number of halogens is 3. The molecule has 1 aliphatic heterocycles. The zero-order valence-electron chi connectivity index (χ0n) is 17.4. The summed E-state index contributed by atoms with van der Waals surface area (Å²) in [5, 5.41) is 7.58. The quantitative estimate of drug-likeness (QED) is 0.463. The van der Waals surface area contributed by atoms with E-state index in [2.05, 4.69) is 37.2 Å². The highest BCUT2D eigenvalue weighted by Crippen LogP contribution is 2.29. The van der Waals surface area contributed by atoms with Crippen molar-refractivity contribution in [2.75, 3.05) is 36.5 Å². The first-order chi connectivity index (χ1) is 15.9. The molecular formula is C23H20F3N5O2. The lowest BCUT2D eigenvalue weighted by atomic mass is 10.1. The van der Waals surface area contributed by atoms with Crippen molar-refractivity contribution in [2.45, 2.75) is 6.36 Å². The van der Waals surface area contributed by atoms with Crippen LogP contribution < -0.4 is 15.0 Å². The van der Waals surface area contributed by atoms with Crippen LogP contribution in [0.3, 0.4) is 0 Å². The minimum Gasteiger partial charge on any atom is -0.406 e. The van der Waals surface area contributed by atoms with Crippen molar-refractivity contribution in [1.29, 1.82) is 0 Å². The Bertz CT molecular complexity index is 1230. The fourth-order valence-electron chi connectivity index (χ4n) is 3.70. The third-order valence-electron chi connectivity index (χ3n) is 5.28. The van der Waals surface area contributed by atoms with Gasteiger partial charge in [0.25, 0.3) is 0 Å². The maximum absolute atomic E-state index is 12.4. The Labute approximate surface area is 187 Å². The lowest BCUT2D eigenvalue weighted by Crippen LogP contribution is -2.36. The summed E-state index contributed by atoms with van der Waals surface area (Å²) in [5.74, 6) is 0.346. The van der Waals surface area contributed by atoms with Gasteiger partial charge in [-0.2, -0.15) is 5.10 Å². The second kappa shape index (κ2) is 8.62. The van der Waals surface area contributed by atoms with E-state index in [4.69, 9.17) is 4.74 Å². The summed E-state index contributed by atoms with van der Waals surface area (Å²) < 4.78 is 48.2. The van der Waals surface area contributed by atoms with Crippen LogP contribution in [0.25, 0.3) is 16.8 Å². The highest BCUT2D eigenvalue weighted by Gasteiger charge is 2.31. The number of morpholine rings is 1. The molecule has 4 aromatic rings. The molecule has 1 fully saturated rings. The first kappa shape index (κ1) is 21.1. The highest BCUT2D eigenvalue weighted by molar-refractivity contribution is 5.78. The third kappa shape index (κ3) is 4.85. The van der Waals surface area contributed by atoms with Crippen molar-refractivity contribution in [1.82, 2.24) is 14.6 Å². The molecule has 2 aromatic heterocycles. The van der Waals surface area contributed by atoms with Gasteiger partial charge in [0, 0.05) is 36.2 Å². The Kier molecular flexibility index (Phi) is 5.51. The van der Waals surface area contributed by atoms with E-state index in [1.807, 2.05) is 12.1 Å². The monoisotopic (exact) mass is 455 g/mol. The summed E-state index contributed by atoms with van der Waals surface area (Å²) >= 11 is 0. The summed E-state index contributed by atoms with van der Waals surface area (Å²) in [6.07, 6.45) is -1.32. The molecule has 0 saturated carbocycles. The van der Waals surface area contributed by atoms with Gasteiger partial charge in [0.15, 0.2) is 5.65 Å². The van der Waals surface area contributed by atoms with Crippen LogP contribution in [0.15, 0.2) is 67.0 Å². The SMILES string of the molecule is FC(F)(F)Oc1ccc(-c2cnn3ccc(Nc4ccc(N5CCOCC5)cc4)nc23)cc1. The lowest BCUT2D eigenvalue weighted by Gasteiger charge is -2.28. The number of anilines is 3. The van der Waals surface area contributed by atoms with Gasteiger partial charge < -0.3 is 19.7 Å². The minimum atomic E-state index is -4.73. The smallest absolute Gasteiger partial charge is 0.406 e. The molecule has 0 bridgehead atoms. The van der Waals surface area contributed by atoms with E-state index in [1.54, 1.807) is 35.1 Å². The van der Waals surface area contributed by atoms with E-state index in [0.29, 0.717) is 22.6 Å². The summed E-state index contributed by atoms with van der Waals surface area (Å²) in [6.45, 7) is 3.21. The van der Waals surface area contributed by atoms with Crippen LogP contribution in [0, 0.1) is 0 Å². The van der Waals surface area contributed by atoms with Crippen molar-refractivity contribution in [3.05, 3.63) is 67.0 Å². The molecule has 7 nitrogen and oxygen atoms in total. The molecular weight excluding hydrogens is 435 g/mol. The van der Waals surface area contributed by atoms with E-state index in [9.17, 15) is 13.2 Å². The molecule has 0 spiro atoms. The van der Waals surface area contributed by atoms with E-state index in [1.165, 1.54) is 12.1 Å². The van der Waals surface area contributed by atoms with Gasteiger partial charge in [0.2, 0.25) is 0 Å². The van der Waals surface area contributed by atoms with Crippen LogP contribution in [0.2, 0.25) is 0 Å². The molecule has 3 heterocycles. The number of benzene rings is 2. The molecule has 2 aromatic carbocycles. The molecule has 0 atom stereocenters. The van der Waals surface area contributed by atoms with Crippen molar-refractivity contribution >= 4 is 22.8 Å². The Morgan fingerprint density at radius 2 is 1.67 bits per heavy atom. The Morgan fingerprint density at radius 3 is 2.36 bits per heavy atom. The van der Waals surface area contributed by atoms with Crippen LogP contribution in [-0.4, -0.2) is 47.3 Å². The molecule has 170 valence electrons. The van der Waals surface area contributed by atoms with Gasteiger partial charge in [-0.1, -0.05) is 12.1 Å². The second-order valence-electron chi connectivity index (χ2n) is 7.48. The van der Waals surface area contributed by atoms with E-state index >= 15 is 0 Å². The minimum absolute atomic E-state index is 0.279. The average molecular weight is 455 g/mol. The van der Waals surface area contributed by atoms with Crippen LogP contribution in [0.5, 0.6) is 5.75 Å². The van der Waals surface area contributed by atoms with Crippen LogP contribution in [-0.2, 0) is 4.74 Å². The number of nitrogens with zero attached hydrogens (tertiary/aromatic N) is 4. The summed E-state index contributed by atoms with van der Waals surface area (Å²) in [6, 6.07) is 15.5.